The maximum atomic E-state index is 14.7. The van der Waals surface area contributed by atoms with Crippen molar-refractivity contribution in [2.24, 2.45) is 33.7 Å². The molecule has 0 aliphatic carbocycles. The summed E-state index contributed by atoms with van der Waals surface area (Å²) in [5.41, 5.74) is 33.1. The number of aromatic amines is 1. The zero-order chi connectivity index (χ0) is 49.0. The number of guanidine groups is 1. The van der Waals surface area contributed by atoms with Crippen LogP contribution in [-0.2, 0) is 54.5 Å². The largest absolute Gasteiger partial charge is 0.370 e. The van der Waals surface area contributed by atoms with Gasteiger partial charge in [0.25, 0.3) is 0 Å². The van der Waals surface area contributed by atoms with Crippen molar-refractivity contribution in [2.45, 2.75) is 94.5 Å². The first-order chi connectivity index (χ1) is 32.7. The van der Waals surface area contributed by atoms with Gasteiger partial charge in [0.2, 0.25) is 35.4 Å². The number of carbonyl (C=O) groups is 6. The lowest BCUT2D eigenvalue weighted by molar-refractivity contribution is -0.135. The number of fused-ring (bicyclic) bond motifs is 1. The molecule has 4 aromatic carbocycles. The predicted molar refractivity (Wildman–Crippen MR) is 262 cm³/mol. The molecule has 0 unspecified atom stereocenters. The zero-order valence-electron chi connectivity index (χ0n) is 38.3. The molecule has 0 fully saturated rings. The Bertz CT molecular complexity index is 2480. The van der Waals surface area contributed by atoms with Gasteiger partial charge in [0.15, 0.2) is 5.96 Å². The van der Waals surface area contributed by atoms with Crippen LogP contribution in [-0.4, -0.2) is 95.7 Å². The molecule has 0 saturated carbocycles. The van der Waals surface area contributed by atoms with Gasteiger partial charge in [0, 0.05) is 49.3 Å². The second-order valence-corrected chi connectivity index (χ2v) is 16.8. The number of nitrogens with one attached hydrogen (secondary N) is 6. The summed E-state index contributed by atoms with van der Waals surface area (Å²) in [5, 5.41) is 14.9. The van der Waals surface area contributed by atoms with Gasteiger partial charge >= 0.3 is 0 Å². The third-order valence-electron chi connectivity index (χ3n) is 11.4. The lowest BCUT2D eigenvalue weighted by Crippen LogP contribution is -2.60. The number of rotatable bonds is 26. The van der Waals surface area contributed by atoms with Crippen LogP contribution in [0, 0.1) is 6.92 Å². The first-order valence-electron chi connectivity index (χ1n) is 22.7. The number of nitrogens with two attached hydrogens (primary N) is 5. The van der Waals surface area contributed by atoms with Gasteiger partial charge in [-0.15, -0.1) is 0 Å². The summed E-state index contributed by atoms with van der Waals surface area (Å²) in [6, 6.07) is 25.9. The van der Waals surface area contributed by atoms with Crippen molar-refractivity contribution < 1.29 is 28.8 Å². The van der Waals surface area contributed by atoms with Crippen molar-refractivity contribution in [3.63, 3.8) is 0 Å². The summed E-state index contributed by atoms with van der Waals surface area (Å²) in [6.45, 7) is 2.45. The van der Waals surface area contributed by atoms with Gasteiger partial charge in [0.05, 0.1) is 6.04 Å². The quantitative estimate of drug-likeness (QED) is 0.0210. The minimum Gasteiger partial charge on any atom is -0.370 e. The normalized spacial score (nSPS) is 13.7. The van der Waals surface area contributed by atoms with Crippen LogP contribution in [0.5, 0.6) is 0 Å². The summed E-state index contributed by atoms with van der Waals surface area (Å²) in [7, 11) is 0. The molecule has 360 valence electrons. The molecule has 5 aromatic rings. The molecular formula is C50H64N12O6. The van der Waals surface area contributed by atoms with Crippen LogP contribution in [0.4, 0.5) is 0 Å². The number of hydrogen-bond donors (Lipinski definition) is 11. The Kier molecular flexibility index (Phi) is 19.6. The smallest absolute Gasteiger partial charge is 0.243 e. The number of amides is 6. The highest BCUT2D eigenvalue weighted by Crippen LogP contribution is 2.20. The number of aromatic nitrogens is 1. The maximum absolute atomic E-state index is 14.7. The fourth-order valence-corrected chi connectivity index (χ4v) is 7.64. The first kappa shape index (κ1) is 51.4. The van der Waals surface area contributed by atoms with Crippen LogP contribution in [0.2, 0.25) is 0 Å². The summed E-state index contributed by atoms with van der Waals surface area (Å²) < 4.78 is 0. The number of benzene rings is 4. The number of nitrogens with zero attached hydrogens (tertiary/aromatic N) is 1. The molecule has 68 heavy (non-hydrogen) atoms. The molecule has 18 nitrogen and oxygen atoms in total. The molecule has 0 aliphatic heterocycles. The van der Waals surface area contributed by atoms with Crippen LogP contribution in [0.3, 0.4) is 0 Å². The van der Waals surface area contributed by atoms with E-state index in [0.717, 1.165) is 22.0 Å². The molecule has 0 aliphatic rings. The minimum atomic E-state index is -1.28. The average molecular weight is 929 g/mol. The second kappa shape index (κ2) is 25.9. The molecule has 16 N–H and O–H groups in total. The van der Waals surface area contributed by atoms with Gasteiger partial charge in [-0.3, -0.25) is 33.8 Å². The third kappa shape index (κ3) is 16.1. The van der Waals surface area contributed by atoms with Crippen molar-refractivity contribution in [3.05, 3.63) is 143 Å². The number of para-hydroxylation sites is 1. The Balaban J connectivity index is 1.45. The van der Waals surface area contributed by atoms with Crippen LogP contribution >= 0.6 is 0 Å². The van der Waals surface area contributed by atoms with Gasteiger partial charge in [-0.1, -0.05) is 109 Å². The highest BCUT2D eigenvalue weighted by atomic mass is 16.2. The molecule has 6 amide bonds. The first-order valence-corrected chi connectivity index (χ1v) is 22.7. The van der Waals surface area contributed by atoms with Crippen molar-refractivity contribution in [1.29, 1.82) is 0 Å². The van der Waals surface area contributed by atoms with E-state index in [4.69, 9.17) is 28.7 Å². The Morgan fingerprint density at radius 3 is 1.50 bits per heavy atom. The van der Waals surface area contributed by atoms with Crippen molar-refractivity contribution in [1.82, 2.24) is 31.6 Å². The molecule has 1 aromatic heterocycles. The van der Waals surface area contributed by atoms with Gasteiger partial charge in [-0.2, -0.15) is 0 Å². The molecule has 0 spiro atoms. The van der Waals surface area contributed by atoms with E-state index in [1.807, 2.05) is 67.6 Å². The summed E-state index contributed by atoms with van der Waals surface area (Å²) >= 11 is 0. The van der Waals surface area contributed by atoms with Crippen LogP contribution in [0.25, 0.3) is 10.9 Å². The standard InChI is InChI=1S/C50H64N12O6/c1-31-20-22-34(23-21-31)28-42(48(67)60-40(26-32-12-4-2-5-13-32)46(65)58-39(44(53)63)19-11-25-56-50(54)55)61-47(66)41(27-33-14-6-3-7-15-33)62-49(68)43(59-45(64)37(52)17-10-24-51)29-35-30-57-38-18-9-8-16-36(35)38/h2-9,12-16,18,20-23,30,37,39-43,57H,10-11,17,19,24-29,51-52H2,1H3,(H2,53,63)(H,58,65)(H,59,64)(H,60,67)(H,61,66)(H,62,68)(H4,54,55,56)/t37-,39+,40+,41+,42-,43+/m0/s1. The molecule has 0 saturated heterocycles. The molecular weight excluding hydrogens is 865 g/mol. The average Bonchev–Trinajstić information content (AvgIpc) is 3.74. The number of primary amides is 1. The SMILES string of the molecule is Cc1ccc(C[C@H](NC(=O)[C@@H](Cc2ccccc2)NC(=O)[C@@H](Cc2c[nH]c3ccccc23)NC(=O)[C@@H](N)CCCN)C(=O)N[C@H](Cc2ccccc2)C(=O)N[C@H](CCCN=C(N)N)C(N)=O)cc1. The maximum Gasteiger partial charge on any atom is 0.243 e. The predicted octanol–water partition coefficient (Wildman–Crippen LogP) is 0.776. The third-order valence-corrected chi connectivity index (χ3v) is 11.4. The van der Waals surface area contributed by atoms with E-state index in [0.29, 0.717) is 42.5 Å². The molecule has 0 radical (unpaired) electrons. The monoisotopic (exact) mass is 929 g/mol. The van der Waals surface area contributed by atoms with E-state index in [-0.39, 0.29) is 44.6 Å². The number of aryl methyl sites for hydroxylation is 1. The Morgan fingerprint density at radius 1 is 0.544 bits per heavy atom. The Hall–Kier alpha value is -7.57. The number of aliphatic imine (C=N–C) groups is 1. The summed E-state index contributed by atoms with van der Waals surface area (Å²) in [4.78, 5) is 91.0. The van der Waals surface area contributed by atoms with Gasteiger partial charge < -0.3 is 60.2 Å². The number of H-pyrrole nitrogens is 1. The molecule has 5 rings (SSSR count). The molecule has 0 bridgehead atoms. The molecule has 1 heterocycles. The van der Waals surface area contributed by atoms with E-state index >= 15 is 0 Å². The summed E-state index contributed by atoms with van der Waals surface area (Å²) in [5.74, 6) is -4.23. The van der Waals surface area contributed by atoms with Crippen LogP contribution in [0.15, 0.2) is 120 Å². The minimum absolute atomic E-state index is 0.00182. The molecule has 18 heteroatoms. The topological polar surface area (TPSA) is 321 Å². The van der Waals surface area contributed by atoms with Gasteiger partial charge in [0.1, 0.15) is 30.2 Å². The van der Waals surface area contributed by atoms with Crippen LogP contribution in [0.1, 0.15) is 53.5 Å². The van der Waals surface area contributed by atoms with Gasteiger partial charge in [-0.25, -0.2) is 0 Å². The van der Waals surface area contributed by atoms with E-state index < -0.39 is 71.7 Å². The Morgan fingerprint density at radius 2 is 1.00 bits per heavy atom. The summed E-state index contributed by atoms with van der Waals surface area (Å²) in [6.07, 6.45) is 3.10. The fraction of sp³-hybridized carbons (Fsp3) is 0.340. The zero-order valence-corrected chi connectivity index (χ0v) is 38.3. The fourth-order valence-electron chi connectivity index (χ4n) is 7.64. The van der Waals surface area contributed by atoms with E-state index in [9.17, 15) is 28.8 Å². The molecule has 6 atom stereocenters. The van der Waals surface area contributed by atoms with Crippen molar-refractivity contribution >= 4 is 52.3 Å². The highest BCUT2D eigenvalue weighted by Gasteiger charge is 2.33. The van der Waals surface area contributed by atoms with E-state index in [1.165, 1.54) is 0 Å². The van der Waals surface area contributed by atoms with Crippen molar-refractivity contribution in [3.8, 4) is 0 Å². The highest BCUT2D eigenvalue weighted by molar-refractivity contribution is 5.97. The van der Waals surface area contributed by atoms with Crippen molar-refractivity contribution in [2.75, 3.05) is 13.1 Å². The number of hydrogen-bond acceptors (Lipinski definition) is 9. The van der Waals surface area contributed by atoms with E-state index in [2.05, 4.69) is 36.6 Å². The van der Waals surface area contributed by atoms with E-state index in [1.54, 1.807) is 54.7 Å². The Labute approximate surface area is 396 Å². The number of carbonyl (C=O) groups excluding carboxylic acids is 6. The van der Waals surface area contributed by atoms with Crippen LogP contribution < -0.4 is 55.3 Å². The van der Waals surface area contributed by atoms with Gasteiger partial charge in [-0.05, 0) is 67.5 Å². The second-order valence-electron chi connectivity index (χ2n) is 16.8. The lowest BCUT2D eigenvalue weighted by atomic mass is 9.99. The lowest BCUT2D eigenvalue weighted by Gasteiger charge is -2.27.